The van der Waals surface area contributed by atoms with Gasteiger partial charge in [-0.3, -0.25) is 10.1 Å². The average Bonchev–Trinajstić information content (AvgIpc) is 4.10. The van der Waals surface area contributed by atoms with Gasteiger partial charge in [-0.25, -0.2) is 68.9 Å². The number of aliphatic hydroxyl groups excluding tert-OH is 1. The number of nitro benzene ring substituents is 1. The van der Waals surface area contributed by atoms with Gasteiger partial charge in [0.2, 0.25) is 0 Å². The Labute approximate surface area is 427 Å². The number of amides is 6. The van der Waals surface area contributed by atoms with E-state index in [1.165, 1.54) is 50.5 Å². The molecular formula is C49H49F8N7O12. The number of nitro groups is 1. The quantitative estimate of drug-likeness (QED) is 0.0382. The Balaban J connectivity index is 0.000000225. The van der Waals surface area contributed by atoms with Crippen LogP contribution in [0.25, 0.3) is 0 Å². The van der Waals surface area contributed by atoms with E-state index in [0.717, 1.165) is 70.5 Å². The molecule has 19 nitrogen and oxygen atoms in total. The summed E-state index contributed by atoms with van der Waals surface area (Å²) in [5.74, 6) is -7.46. The van der Waals surface area contributed by atoms with Gasteiger partial charge in [-0.2, -0.15) is 0 Å². The van der Waals surface area contributed by atoms with Crippen LogP contribution in [0.15, 0.2) is 97.1 Å². The fourth-order valence-electron chi connectivity index (χ4n) is 7.00. The van der Waals surface area contributed by atoms with Gasteiger partial charge < -0.3 is 46.2 Å². The van der Waals surface area contributed by atoms with Crippen molar-refractivity contribution in [3.63, 3.8) is 0 Å². The third kappa shape index (κ3) is 17.6. The number of carbonyl (C=O) groups is 5. The number of nitrogens with zero attached hydrogens (tertiary/aromatic N) is 3. The SMILES string of the molecule is CN.CNC(=O)N1C(=O)OCC1Cc1ccc(F)c(F)c1.NC(CO)Cc1ccc(F)c(F)c1.O=C1NC(Cc2ccc(F)c(F)c2)CO1.O=C1OCC(Cc2ccc(F)c(F)c2)N1C(=O)Oc1ccc([N+](=O)[O-])cc1. The number of imide groups is 2. The Kier molecular flexibility index (Phi) is 22.8. The van der Waals surface area contributed by atoms with Gasteiger partial charge >= 0.3 is 30.4 Å². The van der Waals surface area contributed by atoms with E-state index in [1.807, 2.05) is 0 Å². The Hall–Kier alpha value is -8.43. The van der Waals surface area contributed by atoms with Crippen molar-refractivity contribution in [1.82, 2.24) is 20.4 Å². The van der Waals surface area contributed by atoms with Gasteiger partial charge in [0.05, 0.1) is 29.7 Å². The molecule has 0 aliphatic carbocycles. The van der Waals surface area contributed by atoms with Crippen LogP contribution in [0.5, 0.6) is 5.75 Å². The lowest BCUT2D eigenvalue weighted by Crippen LogP contribution is -2.44. The fraction of sp³-hybridized carbons (Fsp3) is 0.286. The lowest BCUT2D eigenvalue weighted by molar-refractivity contribution is -0.384. The highest BCUT2D eigenvalue weighted by Gasteiger charge is 2.40. The number of nitrogens with two attached hydrogens (primary N) is 2. The molecule has 0 saturated carbocycles. The highest BCUT2D eigenvalue weighted by atomic mass is 19.2. The third-order valence-corrected chi connectivity index (χ3v) is 10.6. The largest absolute Gasteiger partial charge is 0.447 e. The smallest absolute Gasteiger partial charge is 0.425 e. The lowest BCUT2D eigenvalue weighted by atomic mass is 10.1. The summed E-state index contributed by atoms with van der Waals surface area (Å²) in [7, 11) is 2.89. The van der Waals surface area contributed by atoms with Crippen LogP contribution < -0.4 is 26.8 Å². The maximum absolute atomic E-state index is 13.3. The maximum atomic E-state index is 13.3. The van der Waals surface area contributed by atoms with E-state index in [9.17, 15) is 69.2 Å². The molecule has 76 heavy (non-hydrogen) atoms. The van der Waals surface area contributed by atoms with Gasteiger partial charge in [-0.1, -0.05) is 24.3 Å². The van der Waals surface area contributed by atoms with Crippen molar-refractivity contribution in [2.24, 2.45) is 11.5 Å². The van der Waals surface area contributed by atoms with Gasteiger partial charge in [-0.05, 0) is 116 Å². The van der Waals surface area contributed by atoms with Crippen LogP contribution >= 0.6 is 0 Å². The molecule has 5 aromatic rings. The van der Waals surface area contributed by atoms with Crippen LogP contribution in [0.1, 0.15) is 22.3 Å². The number of rotatable bonds is 11. The zero-order chi connectivity index (χ0) is 56.2. The number of carbonyl (C=O) groups excluding carboxylic acids is 5. The van der Waals surface area contributed by atoms with E-state index in [-0.39, 0.29) is 56.7 Å². The molecular weight excluding hydrogens is 1030 g/mol. The lowest BCUT2D eigenvalue weighted by Gasteiger charge is -2.19. The van der Waals surface area contributed by atoms with Crippen LogP contribution in [-0.2, 0) is 39.9 Å². The van der Waals surface area contributed by atoms with Crippen molar-refractivity contribution >= 4 is 36.1 Å². The zero-order valence-corrected chi connectivity index (χ0v) is 40.2. The van der Waals surface area contributed by atoms with Crippen molar-refractivity contribution in [3.05, 3.63) is 176 Å². The van der Waals surface area contributed by atoms with Gasteiger partial charge in [0.1, 0.15) is 25.6 Å². The van der Waals surface area contributed by atoms with E-state index in [4.69, 9.17) is 25.1 Å². The van der Waals surface area contributed by atoms with Gasteiger partial charge in [0.25, 0.3) is 5.69 Å². The Morgan fingerprint density at radius 2 is 1.09 bits per heavy atom. The van der Waals surface area contributed by atoms with Crippen LogP contribution in [0.3, 0.4) is 0 Å². The number of halogens is 8. The zero-order valence-electron chi connectivity index (χ0n) is 40.2. The number of ether oxygens (including phenoxy) is 4. The van der Waals surface area contributed by atoms with Crippen molar-refractivity contribution in [2.75, 3.05) is 40.5 Å². The van der Waals surface area contributed by atoms with E-state index < -0.39 is 100.0 Å². The second-order valence-corrected chi connectivity index (χ2v) is 16.1. The summed E-state index contributed by atoms with van der Waals surface area (Å²) in [6.07, 6.45) is -2.17. The first-order valence-electron chi connectivity index (χ1n) is 22.4. The standard InChI is InChI=1S/C17H12F2N2O6.C12H12F2N2O3.C10H9F2NO2.C9H11F2NO.CH5N/c18-14-6-1-10(8-15(14)19)7-12-9-26-16(22)20(12)17(23)27-13-4-2-11(3-5-13)21(24)25;1-15-11(17)16-8(6-19-12(16)18)4-7-2-3-9(13)10(14)5-7;11-8-2-1-6(4-9(8)12)3-7-5-15-10(14)13-7;10-8-2-1-6(4-9(8)11)3-7(12)5-13;1-2/h1-6,8,12H,7,9H2;2-3,5,8H,4,6H2,1H3,(H,15,17);1-2,4,7H,3,5H2,(H,13,14);1-2,4,7,13H,3,5,12H2;2H2,1H3. The number of benzene rings is 5. The number of hydrogen-bond donors (Lipinski definition) is 5. The second kappa shape index (κ2) is 28.9. The maximum Gasteiger partial charge on any atom is 0.425 e. The van der Waals surface area contributed by atoms with E-state index in [2.05, 4.69) is 21.1 Å². The van der Waals surface area contributed by atoms with Crippen LogP contribution in [0.4, 0.5) is 64.8 Å². The second-order valence-electron chi connectivity index (χ2n) is 16.1. The van der Waals surface area contributed by atoms with Crippen molar-refractivity contribution in [1.29, 1.82) is 0 Å². The predicted molar refractivity (Wildman–Crippen MR) is 251 cm³/mol. The van der Waals surface area contributed by atoms with Crippen molar-refractivity contribution < 1.29 is 88.1 Å². The Morgan fingerprint density at radius 1 is 0.671 bits per heavy atom. The molecule has 27 heteroatoms. The molecule has 0 bridgehead atoms. The van der Waals surface area contributed by atoms with Crippen molar-refractivity contribution in [3.8, 4) is 5.75 Å². The minimum atomic E-state index is -1.04. The fourth-order valence-corrected chi connectivity index (χ4v) is 7.00. The number of urea groups is 1. The molecule has 0 radical (unpaired) electrons. The molecule has 4 unspecified atom stereocenters. The van der Waals surface area contributed by atoms with E-state index >= 15 is 0 Å². The molecule has 3 aliphatic heterocycles. The molecule has 408 valence electrons. The Morgan fingerprint density at radius 3 is 1.50 bits per heavy atom. The number of alkyl carbamates (subject to hydrolysis) is 1. The molecule has 5 aromatic carbocycles. The average molecular weight is 1080 g/mol. The first-order valence-corrected chi connectivity index (χ1v) is 22.4. The van der Waals surface area contributed by atoms with E-state index in [1.54, 1.807) is 0 Å². The number of nitrogens with one attached hydrogen (secondary N) is 2. The minimum absolute atomic E-state index is 0.00289. The van der Waals surface area contributed by atoms with Gasteiger partial charge in [0.15, 0.2) is 46.5 Å². The number of aliphatic hydroxyl groups is 1. The molecule has 6 amide bonds. The summed E-state index contributed by atoms with van der Waals surface area (Å²) in [5.41, 5.74) is 11.8. The van der Waals surface area contributed by atoms with Crippen LogP contribution in [0, 0.1) is 56.7 Å². The molecule has 4 atom stereocenters. The monoisotopic (exact) mass is 1080 g/mol. The summed E-state index contributed by atoms with van der Waals surface area (Å²) in [6.45, 7) is -0.00470. The summed E-state index contributed by atoms with van der Waals surface area (Å²) < 4.78 is 122. The number of non-ortho nitro benzene ring substituents is 1. The molecule has 8 rings (SSSR count). The number of cyclic esters (lactones) is 3. The molecule has 3 heterocycles. The highest BCUT2D eigenvalue weighted by molar-refractivity contribution is 5.92. The van der Waals surface area contributed by atoms with E-state index in [0.29, 0.717) is 35.1 Å². The molecule has 0 spiro atoms. The summed E-state index contributed by atoms with van der Waals surface area (Å²) in [5, 5.41) is 24.1. The first kappa shape index (κ1) is 60.1. The first-order chi connectivity index (χ1) is 36.1. The minimum Gasteiger partial charge on any atom is -0.447 e. The van der Waals surface area contributed by atoms with Gasteiger partial charge in [-0.15, -0.1) is 0 Å². The Bertz CT molecular complexity index is 2840. The highest BCUT2D eigenvalue weighted by Crippen LogP contribution is 2.24. The van der Waals surface area contributed by atoms with Gasteiger partial charge in [0, 0.05) is 25.2 Å². The molecule has 3 fully saturated rings. The predicted octanol–water partition coefficient (Wildman–Crippen LogP) is 7.12. The third-order valence-electron chi connectivity index (χ3n) is 10.6. The van der Waals surface area contributed by atoms with Crippen LogP contribution in [0.2, 0.25) is 0 Å². The van der Waals surface area contributed by atoms with Crippen molar-refractivity contribution in [2.45, 2.75) is 49.9 Å². The normalized spacial score (nSPS) is 16.5. The van der Waals surface area contributed by atoms with Crippen LogP contribution in [-0.4, -0.2) is 115 Å². The topological polar surface area (TPSA) is 268 Å². The summed E-state index contributed by atoms with van der Waals surface area (Å²) >= 11 is 0. The number of hydrogen-bond acceptors (Lipinski definition) is 14. The molecule has 0 aromatic heterocycles. The summed E-state index contributed by atoms with van der Waals surface area (Å²) in [4.78, 5) is 69.5. The molecule has 3 saturated heterocycles. The molecule has 7 N–H and O–H groups in total. The summed E-state index contributed by atoms with van der Waals surface area (Å²) in [6, 6.07) is 16.2. The molecule has 3 aliphatic rings.